The van der Waals surface area contributed by atoms with E-state index in [1.807, 2.05) is 11.8 Å². The number of halogens is 2. The molecule has 5 rings (SSSR count). The number of piperazine rings is 1. The van der Waals surface area contributed by atoms with Gasteiger partial charge in [-0.2, -0.15) is 0 Å². The van der Waals surface area contributed by atoms with E-state index in [4.69, 9.17) is 11.6 Å². The predicted octanol–water partition coefficient (Wildman–Crippen LogP) is 4.47. The van der Waals surface area contributed by atoms with Gasteiger partial charge in [0, 0.05) is 36.9 Å². The molecule has 2 aromatic carbocycles. The first-order chi connectivity index (χ1) is 18.2. The molecule has 2 amide bonds. The van der Waals surface area contributed by atoms with Crippen LogP contribution >= 0.6 is 22.9 Å². The molecule has 11 heteroatoms. The zero-order chi connectivity index (χ0) is 27.0. The first-order valence-corrected chi connectivity index (χ1v) is 13.3. The molecule has 0 aliphatic carbocycles. The van der Waals surface area contributed by atoms with Crippen LogP contribution in [0.1, 0.15) is 20.8 Å². The van der Waals surface area contributed by atoms with Crippen molar-refractivity contribution in [2.24, 2.45) is 0 Å². The second-order valence-electron chi connectivity index (χ2n) is 9.16. The molecule has 38 heavy (non-hydrogen) atoms. The summed E-state index contributed by atoms with van der Waals surface area (Å²) in [5.74, 6) is -0.866. The lowest BCUT2D eigenvalue weighted by molar-refractivity contribution is -0.116. The van der Waals surface area contributed by atoms with Crippen LogP contribution in [0.3, 0.4) is 0 Å². The van der Waals surface area contributed by atoms with Crippen molar-refractivity contribution in [2.45, 2.75) is 20.4 Å². The van der Waals surface area contributed by atoms with E-state index in [9.17, 15) is 18.8 Å². The van der Waals surface area contributed by atoms with Crippen molar-refractivity contribution in [2.75, 3.05) is 36.4 Å². The second kappa shape index (κ2) is 10.5. The molecule has 2 aromatic heterocycles. The largest absolute Gasteiger partial charge is 0.366 e. The number of anilines is 2. The van der Waals surface area contributed by atoms with Gasteiger partial charge in [0.15, 0.2) is 0 Å². The minimum atomic E-state index is -0.398. The van der Waals surface area contributed by atoms with Crippen LogP contribution in [0.25, 0.3) is 10.2 Å². The molecule has 0 unspecified atom stereocenters. The Labute approximate surface area is 227 Å². The van der Waals surface area contributed by atoms with E-state index in [1.54, 1.807) is 48.2 Å². The Balaban J connectivity index is 1.31. The van der Waals surface area contributed by atoms with Gasteiger partial charge in [0.1, 0.15) is 17.2 Å². The maximum Gasteiger partial charge on any atom is 0.264 e. The zero-order valence-corrected chi connectivity index (χ0v) is 22.4. The number of aromatic nitrogens is 2. The third-order valence-corrected chi connectivity index (χ3v) is 8.24. The molecule has 1 aliphatic rings. The lowest BCUT2D eigenvalue weighted by Crippen LogP contribution is -2.49. The summed E-state index contributed by atoms with van der Waals surface area (Å²) < 4.78 is 15.4. The van der Waals surface area contributed by atoms with Crippen LogP contribution in [0.15, 0.2) is 53.6 Å². The van der Waals surface area contributed by atoms with Gasteiger partial charge >= 0.3 is 0 Å². The van der Waals surface area contributed by atoms with Gasteiger partial charge in [0.05, 0.1) is 22.3 Å². The van der Waals surface area contributed by atoms with Gasteiger partial charge < -0.3 is 15.1 Å². The average molecular weight is 554 g/mol. The van der Waals surface area contributed by atoms with E-state index in [1.165, 1.54) is 28.3 Å². The maximum atomic E-state index is 14.2. The molecule has 0 atom stereocenters. The molecule has 4 aromatic rings. The third-order valence-electron chi connectivity index (χ3n) is 6.64. The molecule has 0 saturated carbocycles. The van der Waals surface area contributed by atoms with Crippen molar-refractivity contribution < 1.29 is 14.0 Å². The highest BCUT2D eigenvalue weighted by Crippen LogP contribution is 2.29. The molecule has 1 aliphatic heterocycles. The van der Waals surface area contributed by atoms with Crippen LogP contribution in [-0.4, -0.2) is 52.4 Å². The lowest BCUT2D eigenvalue weighted by Gasteiger charge is -2.36. The number of fused-ring (bicyclic) bond motifs is 1. The van der Waals surface area contributed by atoms with Crippen molar-refractivity contribution >= 4 is 56.3 Å². The Bertz CT molecular complexity index is 1610. The van der Waals surface area contributed by atoms with E-state index < -0.39 is 5.91 Å². The Kier molecular flexibility index (Phi) is 7.18. The molecule has 0 radical (unpaired) electrons. The number of hydrogen-bond donors (Lipinski definition) is 1. The van der Waals surface area contributed by atoms with Gasteiger partial charge in [0.2, 0.25) is 5.91 Å². The molecule has 1 fully saturated rings. The van der Waals surface area contributed by atoms with E-state index in [2.05, 4.69) is 10.3 Å². The van der Waals surface area contributed by atoms with Crippen molar-refractivity contribution in [3.63, 3.8) is 0 Å². The fourth-order valence-corrected chi connectivity index (χ4v) is 5.79. The summed E-state index contributed by atoms with van der Waals surface area (Å²) in [6, 6.07) is 11.8. The number of para-hydroxylation sites is 1. The first-order valence-electron chi connectivity index (χ1n) is 12.1. The molecule has 3 heterocycles. The number of carbonyl (C=O) groups is 2. The third kappa shape index (κ3) is 5.01. The summed E-state index contributed by atoms with van der Waals surface area (Å²) in [5.41, 5.74) is 2.11. The number of nitrogens with one attached hydrogen (secondary N) is 1. The normalized spacial score (nSPS) is 13.7. The minimum absolute atomic E-state index is 0.182. The van der Waals surface area contributed by atoms with Crippen LogP contribution < -0.4 is 15.8 Å². The standard InChI is InChI=1S/C27H25ClFN5O3S/c1-16-7-8-18(13-19(16)28)31-22(35)14-34-15-30-25-23(26(34)36)17(2)24(38-25)27(37)33-11-9-32(10-12-33)21-6-4-3-5-20(21)29/h3-8,13,15H,9-12,14H2,1-2H3,(H,31,35). The van der Waals surface area contributed by atoms with E-state index >= 15 is 0 Å². The number of amides is 2. The number of hydrogen-bond acceptors (Lipinski definition) is 6. The zero-order valence-electron chi connectivity index (χ0n) is 20.8. The molecule has 8 nitrogen and oxygen atoms in total. The SMILES string of the molecule is Cc1ccc(NC(=O)Cn2cnc3sc(C(=O)N4CCN(c5ccccc5F)CC4)c(C)c3c2=O)cc1Cl. The lowest BCUT2D eigenvalue weighted by atomic mass is 10.2. The fourth-order valence-electron chi connectivity index (χ4n) is 4.50. The topological polar surface area (TPSA) is 87.5 Å². The average Bonchev–Trinajstić information content (AvgIpc) is 3.24. The Morgan fingerprint density at radius 2 is 1.84 bits per heavy atom. The van der Waals surface area contributed by atoms with Crippen molar-refractivity contribution in [1.82, 2.24) is 14.5 Å². The molecular weight excluding hydrogens is 529 g/mol. The maximum absolute atomic E-state index is 14.2. The number of thiophene rings is 1. The van der Waals surface area contributed by atoms with E-state index in [0.717, 1.165) is 5.56 Å². The first kappa shape index (κ1) is 25.9. The fraction of sp³-hybridized carbons (Fsp3) is 0.259. The number of aryl methyl sites for hydroxylation is 2. The van der Waals surface area contributed by atoms with E-state index in [-0.39, 0.29) is 23.8 Å². The van der Waals surface area contributed by atoms with Crippen LogP contribution in [-0.2, 0) is 11.3 Å². The summed E-state index contributed by atoms with van der Waals surface area (Å²) in [6.45, 7) is 5.23. The Morgan fingerprint density at radius 1 is 1.11 bits per heavy atom. The Hall–Kier alpha value is -3.76. The monoisotopic (exact) mass is 553 g/mol. The number of rotatable bonds is 5. The predicted molar refractivity (Wildman–Crippen MR) is 148 cm³/mol. The molecule has 0 spiro atoms. The number of benzene rings is 2. The quantitative estimate of drug-likeness (QED) is 0.394. The van der Waals surface area contributed by atoms with Crippen molar-refractivity contribution in [3.05, 3.63) is 86.0 Å². The van der Waals surface area contributed by atoms with Gasteiger partial charge in [-0.15, -0.1) is 11.3 Å². The van der Waals surface area contributed by atoms with Gasteiger partial charge in [0.25, 0.3) is 11.5 Å². The molecular formula is C27H25ClFN5O3S. The van der Waals surface area contributed by atoms with Crippen LogP contribution in [0, 0.1) is 19.7 Å². The highest BCUT2D eigenvalue weighted by molar-refractivity contribution is 7.20. The summed E-state index contributed by atoms with van der Waals surface area (Å²) in [7, 11) is 0. The van der Waals surface area contributed by atoms with Gasteiger partial charge in [-0.05, 0) is 49.2 Å². The second-order valence-corrected chi connectivity index (χ2v) is 10.6. The highest BCUT2D eigenvalue weighted by atomic mass is 35.5. The van der Waals surface area contributed by atoms with Crippen LogP contribution in [0.4, 0.5) is 15.8 Å². The molecule has 0 bridgehead atoms. The molecule has 1 saturated heterocycles. The smallest absolute Gasteiger partial charge is 0.264 e. The van der Waals surface area contributed by atoms with Gasteiger partial charge in [-0.1, -0.05) is 29.8 Å². The number of nitrogens with zero attached hydrogens (tertiary/aromatic N) is 4. The Morgan fingerprint density at radius 3 is 2.55 bits per heavy atom. The van der Waals surface area contributed by atoms with Crippen molar-refractivity contribution in [1.29, 1.82) is 0 Å². The molecule has 1 N–H and O–H groups in total. The van der Waals surface area contributed by atoms with E-state index in [0.29, 0.717) is 63.2 Å². The molecule has 196 valence electrons. The van der Waals surface area contributed by atoms with Gasteiger partial charge in [-0.25, -0.2) is 9.37 Å². The van der Waals surface area contributed by atoms with Crippen LogP contribution in [0.5, 0.6) is 0 Å². The summed E-state index contributed by atoms with van der Waals surface area (Å²) >= 11 is 7.30. The van der Waals surface area contributed by atoms with Gasteiger partial charge in [-0.3, -0.25) is 19.0 Å². The summed E-state index contributed by atoms with van der Waals surface area (Å²) in [5, 5.41) is 3.60. The summed E-state index contributed by atoms with van der Waals surface area (Å²) in [6.07, 6.45) is 1.32. The summed E-state index contributed by atoms with van der Waals surface area (Å²) in [4.78, 5) is 48.1. The minimum Gasteiger partial charge on any atom is -0.366 e. The highest BCUT2D eigenvalue weighted by Gasteiger charge is 2.27. The van der Waals surface area contributed by atoms with Crippen LogP contribution in [0.2, 0.25) is 5.02 Å². The van der Waals surface area contributed by atoms with Crippen molar-refractivity contribution in [3.8, 4) is 0 Å². The number of carbonyl (C=O) groups excluding carboxylic acids is 2.